The van der Waals surface area contributed by atoms with E-state index in [1.165, 1.54) is 6.07 Å². The van der Waals surface area contributed by atoms with Gasteiger partial charge in [0.1, 0.15) is 0 Å². The highest BCUT2D eigenvalue weighted by Crippen LogP contribution is 2.26. The van der Waals surface area contributed by atoms with E-state index in [1.54, 1.807) is 12.1 Å². The summed E-state index contributed by atoms with van der Waals surface area (Å²) in [6.07, 6.45) is 0.712. The van der Waals surface area contributed by atoms with E-state index in [9.17, 15) is 10.1 Å². The minimum atomic E-state index is -0.388. The number of rotatable bonds is 6. The number of nitrogens with one attached hydrogen (secondary N) is 1. The Morgan fingerprint density at radius 3 is 2.67 bits per heavy atom. The average molecular weight is 364 g/mol. The van der Waals surface area contributed by atoms with Gasteiger partial charge in [-0.3, -0.25) is 10.1 Å². The molecule has 0 heterocycles. The first-order valence-corrected chi connectivity index (χ1v) is 6.72. The van der Waals surface area contributed by atoms with Crippen molar-refractivity contribution in [3.63, 3.8) is 0 Å². The topological polar surface area (TPSA) is 75.4 Å². The highest BCUT2D eigenvalue weighted by Gasteiger charge is 2.17. The fraction of sp³-hybridized carbons (Fsp3) is 0.500. The van der Waals surface area contributed by atoms with Crippen molar-refractivity contribution >= 4 is 34.0 Å². The van der Waals surface area contributed by atoms with Crippen LogP contribution in [0.3, 0.4) is 0 Å². The molecule has 0 amide bonds. The molecule has 0 aliphatic carbocycles. The smallest absolute Gasteiger partial charge is 0.282 e. The van der Waals surface area contributed by atoms with Gasteiger partial charge in [-0.2, -0.15) is 0 Å². The van der Waals surface area contributed by atoms with Gasteiger partial charge in [0.05, 0.1) is 8.49 Å². The largest absolute Gasteiger partial charge is 0.396 e. The molecule has 0 radical (unpaired) electrons. The van der Waals surface area contributed by atoms with Crippen LogP contribution in [-0.4, -0.2) is 23.2 Å². The van der Waals surface area contributed by atoms with Crippen molar-refractivity contribution in [2.24, 2.45) is 5.41 Å². The van der Waals surface area contributed by atoms with Crippen LogP contribution in [0.1, 0.15) is 20.3 Å². The van der Waals surface area contributed by atoms with E-state index in [-0.39, 0.29) is 22.6 Å². The van der Waals surface area contributed by atoms with E-state index in [2.05, 4.69) is 19.2 Å². The summed E-state index contributed by atoms with van der Waals surface area (Å²) in [5, 5.41) is 22.9. The number of aliphatic hydroxyl groups is 1. The van der Waals surface area contributed by atoms with E-state index < -0.39 is 0 Å². The Hall–Kier alpha value is -0.890. The summed E-state index contributed by atoms with van der Waals surface area (Å²) in [5.74, 6) is 0. The predicted molar refractivity (Wildman–Crippen MR) is 79.8 cm³/mol. The van der Waals surface area contributed by atoms with E-state index in [4.69, 9.17) is 5.11 Å². The van der Waals surface area contributed by atoms with Crippen molar-refractivity contribution in [2.45, 2.75) is 20.3 Å². The van der Waals surface area contributed by atoms with Crippen LogP contribution in [-0.2, 0) is 0 Å². The van der Waals surface area contributed by atoms with Gasteiger partial charge in [-0.15, -0.1) is 0 Å². The molecule has 0 unspecified atom stereocenters. The molecule has 0 aliphatic heterocycles. The number of nitro groups is 1. The summed E-state index contributed by atoms with van der Waals surface area (Å²) >= 11 is 1.96. The third-order valence-electron chi connectivity index (χ3n) is 2.70. The van der Waals surface area contributed by atoms with Crippen LogP contribution in [0.4, 0.5) is 11.4 Å². The molecule has 2 N–H and O–H groups in total. The molecular formula is C12H17IN2O3. The summed E-state index contributed by atoms with van der Waals surface area (Å²) in [5.41, 5.74) is 0.967. The Bertz CT molecular complexity index is 435. The van der Waals surface area contributed by atoms with Crippen LogP contribution in [0.2, 0.25) is 0 Å². The number of nitro benzene ring substituents is 1. The van der Waals surface area contributed by atoms with Crippen molar-refractivity contribution in [1.29, 1.82) is 0 Å². The molecule has 0 bridgehead atoms. The van der Waals surface area contributed by atoms with E-state index in [0.29, 0.717) is 16.5 Å². The van der Waals surface area contributed by atoms with Crippen LogP contribution in [0.25, 0.3) is 0 Å². The van der Waals surface area contributed by atoms with Gasteiger partial charge in [-0.1, -0.05) is 13.8 Å². The first-order valence-electron chi connectivity index (χ1n) is 5.64. The maximum atomic E-state index is 10.7. The Kier molecular flexibility index (Phi) is 5.33. The lowest BCUT2D eigenvalue weighted by Gasteiger charge is -2.24. The summed E-state index contributed by atoms with van der Waals surface area (Å²) in [6.45, 7) is 4.99. The molecule has 100 valence electrons. The molecule has 5 nitrogen and oxygen atoms in total. The van der Waals surface area contributed by atoms with Crippen LogP contribution in [0.15, 0.2) is 18.2 Å². The van der Waals surface area contributed by atoms with Gasteiger partial charge in [0.25, 0.3) is 5.69 Å². The van der Waals surface area contributed by atoms with Crippen molar-refractivity contribution in [2.75, 3.05) is 18.5 Å². The van der Waals surface area contributed by atoms with Gasteiger partial charge < -0.3 is 10.4 Å². The standard InChI is InChI=1S/C12H17IN2O3/c1-12(2,5-6-16)8-14-9-3-4-11(15(17)18)10(13)7-9/h3-4,7,14,16H,5-6,8H2,1-2H3. The summed E-state index contributed by atoms with van der Waals surface area (Å²) in [7, 11) is 0. The summed E-state index contributed by atoms with van der Waals surface area (Å²) < 4.78 is 0.613. The van der Waals surface area contributed by atoms with E-state index >= 15 is 0 Å². The van der Waals surface area contributed by atoms with E-state index in [1.807, 2.05) is 22.6 Å². The molecule has 0 aromatic heterocycles. The van der Waals surface area contributed by atoms with E-state index in [0.717, 1.165) is 5.69 Å². The fourth-order valence-electron chi connectivity index (χ4n) is 1.50. The highest BCUT2D eigenvalue weighted by atomic mass is 127. The number of halogens is 1. The lowest BCUT2D eigenvalue weighted by atomic mass is 9.90. The zero-order valence-corrected chi connectivity index (χ0v) is 12.6. The lowest BCUT2D eigenvalue weighted by molar-refractivity contribution is -0.385. The molecule has 0 saturated carbocycles. The third-order valence-corrected chi connectivity index (χ3v) is 3.57. The van der Waals surface area contributed by atoms with Gasteiger partial charge in [0.2, 0.25) is 0 Å². The minimum Gasteiger partial charge on any atom is -0.396 e. The van der Waals surface area contributed by atoms with Crippen LogP contribution < -0.4 is 5.32 Å². The summed E-state index contributed by atoms with van der Waals surface area (Å²) in [6, 6.07) is 4.96. The highest BCUT2D eigenvalue weighted by molar-refractivity contribution is 14.1. The second kappa shape index (κ2) is 6.33. The Labute approximate surface area is 120 Å². The molecule has 1 aromatic carbocycles. The van der Waals surface area contributed by atoms with Gasteiger partial charge in [-0.05, 0) is 46.6 Å². The number of hydrogen-bond donors (Lipinski definition) is 2. The summed E-state index contributed by atoms with van der Waals surface area (Å²) in [4.78, 5) is 10.3. The Morgan fingerprint density at radius 1 is 1.50 bits per heavy atom. The molecular weight excluding hydrogens is 347 g/mol. The quantitative estimate of drug-likeness (QED) is 0.462. The predicted octanol–water partition coefficient (Wildman–Crippen LogP) is 3.02. The zero-order chi connectivity index (χ0) is 13.8. The lowest BCUT2D eigenvalue weighted by Crippen LogP contribution is -2.24. The second-order valence-corrected chi connectivity index (χ2v) is 6.08. The SMILES string of the molecule is CC(C)(CCO)CNc1ccc([N+](=O)[O-])c(I)c1. The molecule has 1 aromatic rings. The maximum absolute atomic E-state index is 10.7. The van der Waals surface area contributed by atoms with Gasteiger partial charge in [0, 0.05) is 24.9 Å². The molecule has 0 spiro atoms. The number of aliphatic hydroxyl groups excluding tert-OH is 1. The molecule has 1 rings (SSSR count). The first kappa shape index (κ1) is 15.2. The van der Waals surface area contributed by atoms with Crippen molar-refractivity contribution < 1.29 is 10.0 Å². The van der Waals surface area contributed by atoms with Crippen molar-refractivity contribution in [1.82, 2.24) is 0 Å². The van der Waals surface area contributed by atoms with Gasteiger partial charge in [-0.25, -0.2) is 0 Å². The molecule has 0 atom stereocenters. The number of anilines is 1. The Balaban J connectivity index is 2.70. The minimum absolute atomic E-state index is 0.0119. The zero-order valence-electron chi connectivity index (χ0n) is 10.4. The third kappa shape index (κ3) is 4.41. The molecule has 18 heavy (non-hydrogen) atoms. The number of benzene rings is 1. The second-order valence-electron chi connectivity index (χ2n) is 4.91. The number of nitrogens with zero attached hydrogens (tertiary/aromatic N) is 1. The van der Waals surface area contributed by atoms with Crippen molar-refractivity contribution in [3.05, 3.63) is 31.9 Å². The number of hydrogen-bond acceptors (Lipinski definition) is 4. The van der Waals surface area contributed by atoms with Crippen molar-refractivity contribution in [3.8, 4) is 0 Å². The molecule has 0 saturated heterocycles. The van der Waals surface area contributed by atoms with Gasteiger partial charge in [0.15, 0.2) is 0 Å². The van der Waals surface area contributed by atoms with Crippen LogP contribution >= 0.6 is 22.6 Å². The van der Waals surface area contributed by atoms with Crippen LogP contribution in [0.5, 0.6) is 0 Å². The molecule has 0 aliphatic rings. The average Bonchev–Trinajstić information content (AvgIpc) is 2.26. The van der Waals surface area contributed by atoms with Gasteiger partial charge >= 0.3 is 0 Å². The fourth-order valence-corrected chi connectivity index (χ4v) is 2.21. The first-order chi connectivity index (χ1) is 8.35. The maximum Gasteiger partial charge on any atom is 0.282 e. The van der Waals surface area contributed by atoms with Crippen LogP contribution in [0, 0.1) is 19.1 Å². The Morgan fingerprint density at radius 2 is 2.17 bits per heavy atom. The monoisotopic (exact) mass is 364 g/mol. The molecule has 0 fully saturated rings. The molecule has 6 heteroatoms. The normalized spacial score (nSPS) is 11.3.